The molecule has 0 saturated heterocycles. The number of aliphatic hydroxyl groups excluding tert-OH is 1. The number of nitrogens with zero attached hydrogens (tertiary/aromatic N) is 1. The summed E-state index contributed by atoms with van der Waals surface area (Å²) < 4.78 is 0. The van der Waals surface area contributed by atoms with Crippen molar-refractivity contribution in [2.24, 2.45) is 11.8 Å². The molecule has 3 atom stereocenters. The van der Waals surface area contributed by atoms with Crippen molar-refractivity contribution in [3.8, 4) is 0 Å². The van der Waals surface area contributed by atoms with Crippen molar-refractivity contribution in [1.82, 2.24) is 10.2 Å². The summed E-state index contributed by atoms with van der Waals surface area (Å²) in [6.45, 7) is 10.4. The summed E-state index contributed by atoms with van der Waals surface area (Å²) in [5, 5.41) is 13.0. The Bertz CT molecular complexity index is 247. The number of hydrogen-bond donors (Lipinski definition) is 2. The molecule has 1 rings (SSSR count). The Hall–Kier alpha value is -0.120. The Morgan fingerprint density at radius 2 is 2.05 bits per heavy atom. The van der Waals surface area contributed by atoms with E-state index in [9.17, 15) is 5.11 Å². The standard InChI is InChI=1S/C16H34N2O/c1-5-9-17-16(3,13-19)8-6-7-10-18(4)12-15-11-14(15)2/h14-15,17,19H,5-13H2,1-4H3. The molecule has 0 heterocycles. The van der Waals surface area contributed by atoms with Crippen molar-refractivity contribution >= 4 is 0 Å². The third kappa shape index (κ3) is 6.73. The summed E-state index contributed by atoms with van der Waals surface area (Å²) >= 11 is 0. The zero-order chi connectivity index (χ0) is 14.3. The van der Waals surface area contributed by atoms with Crippen molar-refractivity contribution in [2.45, 2.75) is 58.4 Å². The molecule has 0 spiro atoms. The van der Waals surface area contributed by atoms with Gasteiger partial charge in [-0.25, -0.2) is 0 Å². The Kier molecular flexibility index (Phi) is 7.33. The molecule has 1 fully saturated rings. The van der Waals surface area contributed by atoms with Gasteiger partial charge in [0.15, 0.2) is 0 Å². The third-order valence-electron chi connectivity index (χ3n) is 4.49. The predicted molar refractivity (Wildman–Crippen MR) is 82.4 cm³/mol. The highest BCUT2D eigenvalue weighted by Gasteiger charge is 2.32. The largest absolute Gasteiger partial charge is 0.394 e. The van der Waals surface area contributed by atoms with Gasteiger partial charge in [0.2, 0.25) is 0 Å². The van der Waals surface area contributed by atoms with Crippen molar-refractivity contribution in [3.63, 3.8) is 0 Å². The zero-order valence-corrected chi connectivity index (χ0v) is 13.4. The van der Waals surface area contributed by atoms with E-state index in [1.165, 1.54) is 32.4 Å². The van der Waals surface area contributed by atoms with Crippen LogP contribution < -0.4 is 5.32 Å². The SMILES string of the molecule is CCCNC(C)(CO)CCCCN(C)CC1CC1C. The van der Waals surface area contributed by atoms with Gasteiger partial charge in [-0.05, 0) is 64.6 Å². The van der Waals surface area contributed by atoms with E-state index >= 15 is 0 Å². The van der Waals surface area contributed by atoms with Crippen LogP contribution in [0.1, 0.15) is 52.9 Å². The van der Waals surface area contributed by atoms with Crippen LogP contribution in [0.5, 0.6) is 0 Å². The van der Waals surface area contributed by atoms with Gasteiger partial charge in [0, 0.05) is 12.1 Å². The number of aliphatic hydroxyl groups is 1. The Morgan fingerprint density at radius 3 is 2.58 bits per heavy atom. The van der Waals surface area contributed by atoms with E-state index in [-0.39, 0.29) is 12.1 Å². The van der Waals surface area contributed by atoms with E-state index in [1.54, 1.807) is 0 Å². The van der Waals surface area contributed by atoms with Gasteiger partial charge in [0.25, 0.3) is 0 Å². The van der Waals surface area contributed by atoms with Crippen LogP contribution in [0.2, 0.25) is 0 Å². The average molecular weight is 270 g/mol. The maximum absolute atomic E-state index is 9.50. The van der Waals surface area contributed by atoms with Crippen LogP contribution >= 0.6 is 0 Å². The van der Waals surface area contributed by atoms with E-state index in [0.29, 0.717) is 0 Å². The van der Waals surface area contributed by atoms with Gasteiger partial charge in [-0.3, -0.25) is 0 Å². The number of unbranched alkanes of at least 4 members (excludes halogenated alkanes) is 1. The second kappa shape index (κ2) is 8.23. The number of hydrogen-bond acceptors (Lipinski definition) is 3. The van der Waals surface area contributed by atoms with Crippen molar-refractivity contribution in [3.05, 3.63) is 0 Å². The van der Waals surface area contributed by atoms with E-state index < -0.39 is 0 Å². The number of nitrogens with one attached hydrogen (secondary N) is 1. The topological polar surface area (TPSA) is 35.5 Å². The molecule has 1 aliphatic carbocycles. The third-order valence-corrected chi connectivity index (χ3v) is 4.49. The maximum Gasteiger partial charge on any atom is 0.0610 e. The quantitative estimate of drug-likeness (QED) is 0.566. The van der Waals surface area contributed by atoms with Crippen LogP contribution in [0, 0.1) is 11.8 Å². The molecule has 0 amide bonds. The lowest BCUT2D eigenvalue weighted by Gasteiger charge is -2.29. The fraction of sp³-hybridized carbons (Fsp3) is 1.00. The van der Waals surface area contributed by atoms with Gasteiger partial charge in [-0.1, -0.05) is 20.3 Å². The molecular weight excluding hydrogens is 236 g/mol. The molecular formula is C16H34N2O. The lowest BCUT2D eigenvalue weighted by Crippen LogP contribution is -2.46. The predicted octanol–water partition coefficient (Wildman–Crippen LogP) is 2.50. The molecule has 2 N–H and O–H groups in total. The summed E-state index contributed by atoms with van der Waals surface area (Å²) in [6.07, 6.45) is 6.04. The van der Waals surface area contributed by atoms with Gasteiger partial charge in [0.1, 0.15) is 0 Å². The van der Waals surface area contributed by atoms with E-state index in [0.717, 1.165) is 31.2 Å². The highest BCUT2D eigenvalue weighted by molar-refractivity contribution is 4.85. The minimum Gasteiger partial charge on any atom is -0.394 e. The average Bonchev–Trinajstić information content (AvgIpc) is 3.07. The molecule has 3 nitrogen and oxygen atoms in total. The first-order chi connectivity index (χ1) is 9.00. The highest BCUT2D eigenvalue weighted by atomic mass is 16.3. The molecule has 114 valence electrons. The van der Waals surface area contributed by atoms with E-state index in [1.807, 2.05) is 0 Å². The van der Waals surface area contributed by atoms with Crippen LogP contribution in [-0.4, -0.2) is 48.8 Å². The van der Waals surface area contributed by atoms with Gasteiger partial charge < -0.3 is 15.3 Å². The molecule has 0 bridgehead atoms. The van der Waals surface area contributed by atoms with Crippen LogP contribution in [0.4, 0.5) is 0 Å². The van der Waals surface area contributed by atoms with E-state index in [2.05, 4.69) is 38.0 Å². The van der Waals surface area contributed by atoms with Gasteiger partial charge in [-0.15, -0.1) is 0 Å². The maximum atomic E-state index is 9.50. The molecule has 3 unspecified atom stereocenters. The Labute approximate surface area is 119 Å². The van der Waals surface area contributed by atoms with Crippen LogP contribution in [-0.2, 0) is 0 Å². The second-order valence-electron chi connectivity index (χ2n) is 6.84. The smallest absolute Gasteiger partial charge is 0.0610 e. The lowest BCUT2D eigenvalue weighted by molar-refractivity contribution is 0.161. The summed E-state index contributed by atoms with van der Waals surface area (Å²) in [6, 6.07) is 0. The summed E-state index contributed by atoms with van der Waals surface area (Å²) in [7, 11) is 2.24. The molecule has 0 radical (unpaired) electrons. The van der Waals surface area contributed by atoms with Crippen LogP contribution in [0.3, 0.4) is 0 Å². The van der Waals surface area contributed by atoms with E-state index in [4.69, 9.17) is 0 Å². The van der Waals surface area contributed by atoms with Crippen molar-refractivity contribution < 1.29 is 5.11 Å². The zero-order valence-electron chi connectivity index (χ0n) is 13.4. The minimum atomic E-state index is -0.0837. The molecule has 0 aromatic heterocycles. The van der Waals surface area contributed by atoms with Gasteiger partial charge in [0.05, 0.1) is 6.61 Å². The summed E-state index contributed by atoms with van der Waals surface area (Å²) in [4.78, 5) is 2.48. The molecule has 1 aliphatic rings. The van der Waals surface area contributed by atoms with Crippen molar-refractivity contribution in [1.29, 1.82) is 0 Å². The molecule has 19 heavy (non-hydrogen) atoms. The lowest BCUT2D eigenvalue weighted by atomic mass is 9.95. The minimum absolute atomic E-state index is 0.0837. The molecule has 0 aromatic carbocycles. The molecule has 3 heteroatoms. The second-order valence-corrected chi connectivity index (χ2v) is 6.84. The fourth-order valence-corrected chi connectivity index (χ4v) is 2.69. The molecule has 0 aromatic rings. The van der Waals surface area contributed by atoms with Gasteiger partial charge in [-0.2, -0.15) is 0 Å². The summed E-state index contributed by atoms with van der Waals surface area (Å²) in [5.74, 6) is 1.91. The molecule has 0 aliphatic heterocycles. The van der Waals surface area contributed by atoms with Crippen molar-refractivity contribution in [2.75, 3.05) is 33.3 Å². The molecule has 1 saturated carbocycles. The number of rotatable bonds is 11. The first-order valence-corrected chi connectivity index (χ1v) is 8.05. The monoisotopic (exact) mass is 270 g/mol. The Balaban J connectivity index is 2.07. The first kappa shape index (κ1) is 16.9. The normalized spacial score (nSPS) is 25.6. The highest BCUT2D eigenvalue weighted by Crippen LogP contribution is 2.37. The summed E-state index contributed by atoms with van der Waals surface area (Å²) in [5.41, 5.74) is -0.0837. The van der Waals surface area contributed by atoms with Gasteiger partial charge >= 0.3 is 0 Å². The van der Waals surface area contributed by atoms with Crippen LogP contribution in [0.25, 0.3) is 0 Å². The fourth-order valence-electron chi connectivity index (χ4n) is 2.69. The Morgan fingerprint density at radius 1 is 1.37 bits per heavy atom. The van der Waals surface area contributed by atoms with Crippen LogP contribution in [0.15, 0.2) is 0 Å². The first-order valence-electron chi connectivity index (χ1n) is 8.05.